The second kappa shape index (κ2) is 8.11. The van der Waals surface area contributed by atoms with Gasteiger partial charge in [0.25, 0.3) is 0 Å². The van der Waals surface area contributed by atoms with Crippen LogP contribution >= 0.6 is 0 Å². The Morgan fingerprint density at radius 1 is 1.40 bits per heavy atom. The first-order valence-electron chi connectivity index (χ1n) is 8.20. The minimum Gasteiger partial charge on any atom is -0.472 e. The third-order valence-electron chi connectivity index (χ3n) is 4.23. The standard InChI is InChI=1S/C18H19N5O2/c19-11-16-18(21-7-6-20-16)23-8-3-14(4-9-23)12-22-17(24)2-1-15-5-10-25-13-15/h1-2,5-7,10,13-14H,3-4,8-9,12H2,(H,22,24). The number of carbonyl (C=O) groups excluding carboxylic acids is 1. The van der Waals surface area contributed by atoms with Crippen LogP contribution in [0.1, 0.15) is 24.1 Å². The van der Waals surface area contributed by atoms with Gasteiger partial charge in [0.2, 0.25) is 5.91 Å². The number of nitrogens with one attached hydrogen (secondary N) is 1. The van der Waals surface area contributed by atoms with Crippen LogP contribution in [0.3, 0.4) is 0 Å². The summed E-state index contributed by atoms with van der Waals surface area (Å²) < 4.78 is 4.95. The van der Waals surface area contributed by atoms with Gasteiger partial charge in [-0.3, -0.25) is 4.79 Å². The number of amides is 1. The molecule has 0 aliphatic carbocycles. The van der Waals surface area contributed by atoms with Gasteiger partial charge in [-0.25, -0.2) is 9.97 Å². The summed E-state index contributed by atoms with van der Waals surface area (Å²) in [6.45, 7) is 2.26. The summed E-state index contributed by atoms with van der Waals surface area (Å²) in [7, 11) is 0. The number of rotatable bonds is 5. The highest BCUT2D eigenvalue weighted by Gasteiger charge is 2.22. The number of piperidine rings is 1. The highest BCUT2D eigenvalue weighted by Crippen LogP contribution is 2.22. The van der Waals surface area contributed by atoms with E-state index in [1.54, 1.807) is 30.9 Å². The van der Waals surface area contributed by atoms with Crippen molar-refractivity contribution in [2.75, 3.05) is 24.5 Å². The first kappa shape index (κ1) is 16.7. The van der Waals surface area contributed by atoms with Gasteiger partial charge >= 0.3 is 0 Å². The molecule has 1 amide bonds. The van der Waals surface area contributed by atoms with Crippen LogP contribution in [0.25, 0.3) is 6.08 Å². The molecule has 128 valence electrons. The third-order valence-corrected chi connectivity index (χ3v) is 4.23. The minimum atomic E-state index is -0.107. The number of hydrogen-bond donors (Lipinski definition) is 1. The largest absolute Gasteiger partial charge is 0.472 e. The van der Waals surface area contributed by atoms with E-state index in [4.69, 9.17) is 9.68 Å². The van der Waals surface area contributed by atoms with Gasteiger partial charge in [-0.05, 0) is 30.9 Å². The van der Waals surface area contributed by atoms with Crippen LogP contribution in [0.4, 0.5) is 5.82 Å². The molecule has 1 aliphatic heterocycles. The van der Waals surface area contributed by atoms with Crippen molar-refractivity contribution in [3.8, 4) is 6.07 Å². The molecule has 7 nitrogen and oxygen atoms in total. The van der Waals surface area contributed by atoms with E-state index in [0.29, 0.717) is 24.0 Å². The van der Waals surface area contributed by atoms with E-state index in [-0.39, 0.29) is 5.91 Å². The highest BCUT2D eigenvalue weighted by molar-refractivity contribution is 5.91. The molecule has 3 rings (SSSR count). The number of carbonyl (C=O) groups is 1. The molecular weight excluding hydrogens is 318 g/mol. The van der Waals surface area contributed by atoms with Crippen LogP contribution in [-0.2, 0) is 4.79 Å². The number of aromatic nitrogens is 2. The summed E-state index contributed by atoms with van der Waals surface area (Å²) in [5, 5.41) is 12.1. The van der Waals surface area contributed by atoms with E-state index in [1.165, 1.54) is 12.3 Å². The summed E-state index contributed by atoms with van der Waals surface area (Å²) in [6.07, 6.45) is 11.4. The quantitative estimate of drug-likeness (QED) is 0.838. The second-order valence-electron chi connectivity index (χ2n) is 5.91. The summed E-state index contributed by atoms with van der Waals surface area (Å²) in [5.41, 5.74) is 1.22. The Morgan fingerprint density at radius 3 is 2.92 bits per heavy atom. The van der Waals surface area contributed by atoms with Crippen LogP contribution < -0.4 is 10.2 Å². The fourth-order valence-corrected chi connectivity index (χ4v) is 2.84. The molecule has 0 aromatic carbocycles. The molecule has 1 fully saturated rings. The lowest BCUT2D eigenvalue weighted by molar-refractivity contribution is -0.116. The van der Waals surface area contributed by atoms with Crippen molar-refractivity contribution in [1.29, 1.82) is 5.26 Å². The first-order chi connectivity index (χ1) is 12.3. The van der Waals surface area contributed by atoms with Gasteiger partial charge in [-0.1, -0.05) is 0 Å². The van der Waals surface area contributed by atoms with Gasteiger partial charge in [0.1, 0.15) is 6.07 Å². The molecule has 7 heteroatoms. The van der Waals surface area contributed by atoms with Crippen molar-refractivity contribution >= 4 is 17.8 Å². The normalized spacial score (nSPS) is 15.2. The van der Waals surface area contributed by atoms with Crippen molar-refractivity contribution in [1.82, 2.24) is 15.3 Å². The SMILES string of the molecule is N#Cc1nccnc1N1CCC(CNC(=O)C=Cc2ccoc2)CC1. The molecule has 1 aliphatic rings. The Labute approximate surface area is 146 Å². The lowest BCUT2D eigenvalue weighted by Crippen LogP contribution is -2.39. The number of anilines is 1. The molecule has 0 saturated carbocycles. The second-order valence-corrected chi connectivity index (χ2v) is 5.91. The van der Waals surface area contributed by atoms with Crippen molar-refractivity contribution < 1.29 is 9.21 Å². The molecule has 1 saturated heterocycles. The summed E-state index contributed by atoms with van der Waals surface area (Å²) in [5.74, 6) is 0.963. The summed E-state index contributed by atoms with van der Waals surface area (Å²) >= 11 is 0. The fraction of sp³-hybridized carbons (Fsp3) is 0.333. The maximum absolute atomic E-state index is 11.9. The van der Waals surface area contributed by atoms with Gasteiger partial charge in [-0.2, -0.15) is 5.26 Å². The molecule has 25 heavy (non-hydrogen) atoms. The van der Waals surface area contributed by atoms with Crippen LogP contribution in [-0.4, -0.2) is 35.5 Å². The average Bonchev–Trinajstić information content (AvgIpc) is 3.19. The Balaban J connectivity index is 1.45. The van der Waals surface area contributed by atoms with Crippen LogP contribution in [0.15, 0.2) is 41.5 Å². The molecular formula is C18H19N5O2. The topological polar surface area (TPSA) is 95.0 Å². The molecule has 0 atom stereocenters. The van der Waals surface area contributed by atoms with Crippen molar-refractivity contribution in [3.05, 3.63) is 48.3 Å². The number of hydrogen-bond acceptors (Lipinski definition) is 6. The Bertz CT molecular complexity index is 771. The van der Waals surface area contributed by atoms with E-state index < -0.39 is 0 Å². The van der Waals surface area contributed by atoms with E-state index in [1.807, 2.05) is 0 Å². The van der Waals surface area contributed by atoms with E-state index in [9.17, 15) is 4.79 Å². The maximum Gasteiger partial charge on any atom is 0.244 e. The molecule has 0 spiro atoms. The first-order valence-corrected chi connectivity index (χ1v) is 8.20. The predicted molar refractivity (Wildman–Crippen MR) is 92.4 cm³/mol. The molecule has 0 radical (unpaired) electrons. The summed E-state index contributed by atoms with van der Waals surface area (Å²) in [6, 6.07) is 3.88. The molecule has 2 aromatic heterocycles. The zero-order valence-electron chi connectivity index (χ0n) is 13.8. The Kier molecular flexibility index (Phi) is 5.42. The van der Waals surface area contributed by atoms with Gasteiger partial charge in [-0.15, -0.1) is 0 Å². The van der Waals surface area contributed by atoms with Gasteiger partial charge in [0.05, 0.1) is 12.5 Å². The van der Waals surface area contributed by atoms with Crippen molar-refractivity contribution in [2.45, 2.75) is 12.8 Å². The van der Waals surface area contributed by atoms with E-state index >= 15 is 0 Å². The zero-order chi connectivity index (χ0) is 17.5. The number of nitriles is 1. The highest BCUT2D eigenvalue weighted by atomic mass is 16.3. The summed E-state index contributed by atoms with van der Waals surface area (Å²) in [4.78, 5) is 22.3. The minimum absolute atomic E-state index is 0.107. The number of furan rings is 1. The predicted octanol–water partition coefficient (Wildman–Crippen LogP) is 1.99. The van der Waals surface area contributed by atoms with Crippen LogP contribution in [0.5, 0.6) is 0 Å². The maximum atomic E-state index is 11.9. The smallest absolute Gasteiger partial charge is 0.244 e. The lowest BCUT2D eigenvalue weighted by atomic mass is 9.96. The molecule has 0 unspecified atom stereocenters. The van der Waals surface area contributed by atoms with Gasteiger partial charge < -0.3 is 14.6 Å². The lowest BCUT2D eigenvalue weighted by Gasteiger charge is -2.32. The Hall–Kier alpha value is -3.14. The average molecular weight is 337 g/mol. The van der Waals surface area contributed by atoms with E-state index in [2.05, 4.69) is 26.3 Å². The molecule has 2 aromatic rings. The van der Waals surface area contributed by atoms with Crippen LogP contribution in [0.2, 0.25) is 0 Å². The fourth-order valence-electron chi connectivity index (χ4n) is 2.84. The van der Waals surface area contributed by atoms with Crippen LogP contribution in [0, 0.1) is 17.2 Å². The molecule has 0 bridgehead atoms. The van der Waals surface area contributed by atoms with E-state index in [0.717, 1.165) is 31.5 Å². The third kappa shape index (κ3) is 4.44. The van der Waals surface area contributed by atoms with Gasteiger partial charge in [0, 0.05) is 43.7 Å². The molecule has 1 N–H and O–H groups in total. The van der Waals surface area contributed by atoms with Gasteiger partial charge in [0.15, 0.2) is 11.5 Å². The Morgan fingerprint density at radius 2 is 2.20 bits per heavy atom. The monoisotopic (exact) mass is 337 g/mol. The van der Waals surface area contributed by atoms with Crippen molar-refractivity contribution in [3.63, 3.8) is 0 Å². The van der Waals surface area contributed by atoms with Crippen molar-refractivity contribution in [2.24, 2.45) is 5.92 Å². The zero-order valence-corrected chi connectivity index (χ0v) is 13.8. The molecule has 3 heterocycles. The number of nitrogens with zero attached hydrogens (tertiary/aromatic N) is 4.